The fourth-order valence-electron chi connectivity index (χ4n) is 1.88. The van der Waals surface area contributed by atoms with E-state index in [9.17, 15) is 9.90 Å². The molecule has 1 fully saturated rings. The van der Waals surface area contributed by atoms with E-state index >= 15 is 0 Å². The molecule has 2 atom stereocenters. The maximum atomic E-state index is 11.3. The number of ketones is 1. The van der Waals surface area contributed by atoms with Crippen LogP contribution in [0.2, 0.25) is 0 Å². The van der Waals surface area contributed by atoms with Gasteiger partial charge in [-0.3, -0.25) is 4.79 Å². The summed E-state index contributed by atoms with van der Waals surface area (Å²) in [5.74, 6) is -0.0577. The number of rotatable bonds is 2. The first-order valence-corrected chi connectivity index (χ1v) is 4.60. The first kappa shape index (κ1) is 9.68. The molecule has 1 aliphatic carbocycles. The van der Waals surface area contributed by atoms with E-state index < -0.39 is 5.60 Å². The largest absolute Gasteiger partial charge is 0.382 e. The Balaban J connectivity index is 2.63. The normalized spacial score (nSPS) is 36.4. The Hall–Kier alpha value is -0.410. The van der Waals surface area contributed by atoms with Crippen molar-refractivity contribution in [2.45, 2.75) is 50.7 Å². The second-order valence-corrected chi connectivity index (χ2v) is 3.66. The highest BCUT2D eigenvalue weighted by Crippen LogP contribution is 2.28. The van der Waals surface area contributed by atoms with Crippen LogP contribution in [0.25, 0.3) is 0 Å². The second kappa shape index (κ2) is 3.54. The zero-order valence-corrected chi connectivity index (χ0v) is 7.55. The standard InChI is InChI=1S/C9H17NO2/c1-2-8(11)9(12)5-3-4-7(10)6-9/h7,12H,2-6,10H2,1H3. The van der Waals surface area contributed by atoms with Gasteiger partial charge in [-0.1, -0.05) is 6.92 Å². The molecule has 2 unspecified atom stereocenters. The van der Waals surface area contributed by atoms with Crippen LogP contribution in [0.15, 0.2) is 0 Å². The van der Waals surface area contributed by atoms with E-state index in [0.29, 0.717) is 19.3 Å². The van der Waals surface area contributed by atoms with Crippen molar-refractivity contribution < 1.29 is 9.90 Å². The fourth-order valence-corrected chi connectivity index (χ4v) is 1.88. The highest BCUT2D eigenvalue weighted by molar-refractivity contribution is 5.86. The molecule has 0 radical (unpaired) electrons. The summed E-state index contributed by atoms with van der Waals surface area (Å²) in [6, 6.07) is -0.000694. The zero-order valence-electron chi connectivity index (χ0n) is 7.55. The summed E-state index contributed by atoms with van der Waals surface area (Å²) in [5.41, 5.74) is 4.59. The van der Waals surface area contributed by atoms with Gasteiger partial charge < -0.3 is 10.8 Å². The highest BCUT2D eigenvalue weighted by atomic mass is 16.3. The van der Waals surface area contributed by atoms with Gasteiger partial charge in [-0.15, -0.1) is 0 Å². The molecule has 1 saturated carbocycles. The molecule has 0 aromatic heterocycles. The average Bonchev–Trinajstić information content (AvgIpc) is 2.02. The van der Waals surface area contributed by atoms with Crippen LogP contribution in [-0.4, -0.2) is 22.5 Å². The smallest absolute Gasteiger partial charge is 0.164 e. The summed E-state index contributed by atoms with van der Waals surface area (Å²) < 4.78 is 0. The molecule has 3 heteroatoms. The zero-order chi connectivity index (χ0) is 9.19. The topological polar surface area (TPSA) is 63.3 Å². The number of nitrogens with two attached hydrogens (primary N) is 1. The van der Waals surface area contributed by atoms with E-state index in [4.69, 9.17) is 5.73 Å². The minimum Gasteiger partial charge on any atom is -0.382 e. The molecule has 3 N–H and O–H groups in total. The van der Waals surface area contributed by atoms with Gasteiger partial charge in [0.1, 0.15) is 5.60 Å². The Labute approximate surface area is 72.9 Å². The number of Topliss-reactive ketones (excluding diaryl/α,β-unsaturated/α-hetero) is 1. The van der Waals surface area contributed by atoms with Crippen molar-refractivity contribution in [2.75, 3.05) is 0 Å². The van der Waals surface area contributed by atoms with Crippen LogP contribution in [0, 0.1) is 0 Å². The lowest BCUT2D eigenvalue weighted by molar-refractivity contribution is -0.140. The molecule has 70 valence electrons. The maximum Gasteiger partial charge on any atom is 0.164 e. The van der Waals surface area contributed by atoms with Crippen molar-refractivity contribution in [3.63, 3.8) is 0 Å². The first-order valence-electron chi connectivity index (χ1n) is 4.60. The third kappa shape index (κ3) is 1.84. The van der Waals surface area contributed by atoms with Crippen LogP contribution in [0.3, 0.4) is 0 Å². The van der Waals surface area contributed by atoms with E-state index in [1.165, 1.54) is 0 Å². The molecular weight excluding hydrogens is 154 g/mol. The molecule has 0 spiro atoms. The lowest BCUT2D eigenvalue weighted by Crippen LogP contribution is -2.46. The van der Waals surface area contributed by atoms with Gasteiger partial charge in [0, 0.05) is 12.5 Å². The molecule has 0 heterocycles. The molecule has 0 saturated heterocycles. The number of aliphatic hydroxyl groups is 1. The van der Waals surface area contributed by atoms with Crippen LogP contribution in [0.5, 0.6) is 0 Å². The number of carbonyl (C=O) groups is 1. The molecule has 0 aliphatic heterocycles. The van der Waals surface area contributed by atoms with Crippen LogP contribution in [0.1, 0.15) is 39.0 Å². The van der Waals surface area contributed by atoms with Crippen LogP contribution in [-0.2, 0) is 4.79 Å². The summed E-state index contributed by atoms with van der Waals surface area (Å²) in [6.07, 6.45) is 3.24. The molecule has 0 amide bonds. The summed E-state index contributed by atoms with van der Waals surface area (Å²) >= 11 is 0. The number of hydrogen-bond acceptors (Lipinski definition) is 3. The Morgan fingerprint density at radius 2 is 2.42 bits per heavy atom. The number of hydrogen-bond donors (Lipinski definition) is 2. The van der Waals surface area contributed by atoms with Crippen LogP contribution >= 0.6 is 0 Å². The van der Waals surface area contributed by atoms with Gasteiger partial charge in [-0.05, 0) is 25.7 Å². The van der Waals surface area contributed by atoms with Crippen molar-refractivity contribution in [1.29, 1.82) is 0 Å². The molecule has 3 nitrogen and oxygen atoms in total. The van der Waals surface area contributed by atoms with E-state index in [-0.39, 0.29) is 11.8 Å². The second-order valence-electron chi connectivity index (χ2n) is 3.66. The van der Waals surface area contributed by atoms with Crippen molar-refractivity contribution in [1.82, 2.24) is 0 Å². The molecular formula is C9H17NO2. The molecule has 1 aliphatic rings. The lowest BCUT2D eigenvalue weighted by atomic mass is 9.79. The predicted octanol–water partition coefficient (Wildman–Crippen LogP) is 0.598. The predicted molar refractivity (Wildman–Crippen MR) is 46.7 cm³/mol. The summed E-state index contributed by atoms with van der Waals surface area (Å²) in [5, 5.41) is 9.88. The molecule has 0 aromatic rings. The Morgan fingerprint density at radius 3 is 2.92 bits per heavy atom. The maximum absolute atomic E-state index is 11.3. The van der Waals surface area contributed by atoms with E-state index in [1.807, 2.05) is 0 Å². The monoisotopic (exact) mass is 171 g/mol. The van der Waals surface area contributed by atoms with Gasteiger partial charge >= 0.3 is 0 Å². The third-order valence-electron chi connectivity index (χ3n) is 2.61. The quantitative estimate of drug-likeness (QED) is 0.639. The van der Waals surface area contributed by atoms with Gasteiger partial charge in [0.15, 0.2) is 5.78 Å². The van der Waals surface area contributed by atoms with Gasteiger partial charge in [0.25, 0.3) is 0 Å². The highest BCUT2D eigenvalue weighted by Gasteiger charge is 2.38. The SMILES string of the molecule is CCC(=O)C1(O)CCCC(N)C1. The van der Waals surface area contributed by atoms with Crippen molar-refractivity contribution in [3.8, 4) is 0 Å². The third-order valence-corrected chi connectivity index (χ3v) is 2.61. The van der Waals surface area contributed by atoms with Crippen molar-refractivity contribution in [3.05, 3.63) is 0 Å². The summed E-state index contributed by atoms with van der Waals surface area (Å²) in [6.45, 7) is 1.78. The van der Waals surface area contributed by atoms with Crippen LogP contribution < -0.4 is 5.73 Å². The first-order chi connectivity index (χ1) is 5.58. The van der Waals surface area contributed by atoms with E-state index in [0.717, 1.165) is 12.8 Å². The minimum absolute atomic E-state index is 0.000694. The Morgan fingerprint density at radius 1 is 1.75 bits per heavy atom. The van der Waals surface area contributed by atoms with E-state index in [1.54, 1.807) is 6.92 Å². The van der Waals surface area contributed by atoms with Crippen molar-refractivity contribution >= 4 is 5.78 Å². The fraction of sp³-hybridized carbons (Fsp3) is 0.889. The Kier molecular flexibility index (Phi) is 2.85. The average molecular weight is 171 g/mol. The van der Waals surface area contributed by atoms with Crippen LogP contribution in [0.4, 0.5) is 0 Å². The number of carbonyl (C=O) groups excluding carboxylic acids is 1. The molecule has 12 heavy (non-hydrogen) atoms. The Bertz CT molecular complexity index is 181. The van der Waals surface area contributed by atoms with E-state index in [2.05, 4.69) is 0 Å². The lowest BCUT2D eigenvalue weighted by Gasteiger charge is -2.33. The van der Waals surface area contributed by atoms with Gasteiger partial charge in [-0.25, -0.2) is 0 Å². The van der Waals surface area contributed by atoms with Gasteiger partial charge in [0.2, 0.25) is 0 Å². The summed E-state index contributed by atoms with van der Waals surface area (Å²) in [7, 11) is 0. The minimum atomic E-state index is -1.10. The van der Waals surface area contributed by atoms with Gasteiger partial charge in [0.05, 0.1) is 0 Å². The molecule has 0 bridgehead atoms. The van der Waals surface area contributed by atoms with Gasteiger partial charge in [-0.2, -0.15) is 0 Å². The molecule has 1 rings (SSSR count). The van der Waals surface area contributed by atoms with Crippen molar-refractivity contribution in [2.24, 2.45) is 5.73 Å². The molecule has 0 aromatic carbocycles. The summed E-state index contributed by atoms with van der Waals surface area (Å²) in [4.78, 5) is 11.3.